The topological polar surface area (TPSA) is 94.3 Å². The van der Waals surface area contributed by atoms with Crippen LogP contribution in [0.1, 0.15) is 11.1 Å². The minimum atomic E-state index is -0.694. The van der Waals surface area contributed by atoms with Gasteiger partial charge < -0.3 is 15.6 Å². The normalized spacial score (nSPS) is 16.3. The molecule has 0 saturated carbocycles. The lowest BCUT2D eigenvalue weighted by Gasteiger charge is -2.14. The van der Waals surface area contributed by atoms with Gasteiger partial charge in [-0.25, -0.2) is 4.79 Å². The number of anilines is 1. The van der Waals surface area contributed by atoms with Crippen molar-refractivity contribution in [2.45, 2.75) is 19.4 Å². The molecule has 1 aromatic heterocycles. The maximum atomic E-state index is 12.7. The number of aryl methyl sites for hydroxylation is 1. The van der Waals surface area contributed by atoms with Gasteiger partial charge in [0.1, 0.15) is 12.6 Å². The van der Waals surface area contributed by atoms with E-state index >= 15 is 0 Å². The van der Waals surface area contributed by atoms with Crippen molar-refractivity contribution in [1.29, 1.82) is 0 Å². The molecule has 2 aromatic carbocycles. The number of amides is 4. The van der Waals surface area contributed by atoms with Crippen LogP contribution in [0.5, 0.6) is 0 Å². The van der Waals surface area contributed by atoms with Crippen molar-refractivity contribution in [2.75, 3.05) is 11.9 Å². The zero-order valence-corrected chi connectivity index (χ0v) is 17.2. The Morgan fingerprint density at radius 2 is 2.00 bits per heavy atom. The summed E-state index contributed by atoms with van der Waals surface area (Å²) in [4.78, 5) is 41.5. The quantitative estimate of drug-likeness (QED) is 0.516. The van der Waals surface area contributed by atoms with Gasteiger partial charge in [-0.3, -0.25) is 14.5 Å². The van der Waals surface area contributed by atoms with Gasteiger partial charge in [-0.15, -0.1) is 0 Å². The first-order valence-corrected chi connectivity index (χ1v) is 9.94. The summed E-state index contributed by atoms with van der Waals surface area (Å²) in [5, 5.41) is 6.41. The minimum absolute atomic E-state index is 0.338. The highest BCUT2D eigenvalue weighted by Gasteiger charge is 2.39. The van der Waals surface area contributed by atoms with Gasteiger partial charge in [0.15, 0.2) is 0 Å². The summed E-state index contributed by atoms with van der Waals surface area (Å²) < 4.78 is 0.736. The number of hydrogen-bond donors (Lipinski definition) is 3. The van der Waals surface area contributed by atoms with Crippen LogP contribution in [0.15, 0.2) is 53.1 Å². The smallest absolute Gasteiger partial charge is 0.325 e. The SMILES string of the molecule is Cc1ccc(NC(=O)CN2C(=O)N[C@@H](Cc3c[nH]c4ccccc34)C2=O)c(Br)c1. The second-order valence-corrected chi connectivity index (χ2v) is 7.88. The maximum absolute atomic E-state index is 12.7. The number of urea groups is 1. The standard InChI is InChI=1S/C21H19BrN4O3/c1-12-6-7-17(15(22)8-12)24-19(27)11-26-20(28)18(25-21(26)29)9-13-10-23-16-5-3-2-4-14(13)16/h2-8,10,18,23H,9,11H2,1H3,(H,24,27)(H,25,29)/t18-/m0/s1. The van der Waals surface area contributed by atoms with E-state index < -0.39 is 23.9 Å². The van der Waals surface area contributed by atoms with Gasteiger partial charge in [0.25, 0.3) is 5.91 Å². The first kappa shape index (κ1) is 19.2. The fourth-order valence-corrected chi connectivity index (χ4v) is 4.03. The number of carbonyl (C=O) groups excluding carboxylic acids is 3. The van der Waals surface area contributed by atoms with Crippen molar-refractivity contribution in [3.8, 4) is 0 Å². The summed E-state index contributed by atoms with van der Waals surface area (Å²) in [7, 11) is 0. The van der Waals surface area contributed by atoms with E-state index in [-0.39, 0.29) is 6.54 Å². The third-order valence-corrected chi connectivity index (χ3v) is 5.56. The summed E-state index contributed by atoms with van der Waals surface area (Å²) in [5.41, 5.74) is 3.54. The molecule has 7 nitrogen and oxygen atoms in total. The number of imide groups is 1. The molecule has 4 amide bonds. The van der Waals surface area contributed by atoms with E-state index in [1.807, 2.05) is 49.5 Å². The second kappa shape index (κ2) is 7.71. The highest BCUT2D eigenvalue weighted by atomic mass is 79.9. The van der Waals surface area contributed by atoms with E-state index in [4.69, 9.17) is 0 Å². The van der Waals surface area contributed by atoms with Crippen LogP contribution in [0.3, 0.4) is 0 Å². The van der Waals surface area contributed by atoms with Gasteiger partial charge in [0.2, 0.25) is 5.91 Å². The van der Waals surface area contributed by atoms with Crippen LogP contribution < -0.4 is 10.6 Å². The number of fused-ring (bicyclic) bond motifs is 1. The van der Waals surface area contributed by atoms with Gasteiger partial charge in [-0.1, -0.05) is 24.3 Å². The summed E-state index contributed by atoms with van der Waals surface area (Å²) in [6, 6.07) is 12.0. The third-order valence-electron chi connectivity index (χ3n) is 4.91. The molecule has 3 aromatic rings. The summed E-state index contributed by atoms with van der Waals surface area (Å²) in [6.45, 7) is 1.60. The highest BCUT2D eigenvalue weighted by Crippen LogP contribution is 2.24. The van der Waals surface area contributed by atoms with Crippen LogP contribution in [0.4, 0.5) is 10.5 Å². The first-order chi connectivity index (χ1) is 13.9. The molecular weight excluding hydrogens is 436 g/mol. The molecule has 29 heavy (non-hydrogen) atoms. The lowest BCUT2D eigenvalue weighted by molar-refractivity contribution is -0.130. The first-order valence-electron chi connectivity index (χ1n) is 9.15. The van der Waals surface area contributed by atoms with Crippen molar-refractivity contribution in [3.63, 3.8) is 0 Å². The number of para-hydroxylation sites is 1. The molecule has 148 valence electrons. The maximum Gasteiger partial charge on any atom is 0.325 e. The number of benzene rings is 2. The molecule has 0 bridgehead atoms. The predicted molar refractivity (Wildman–Crippen MR) is 114 cm³/mol. The fraction of sp³-hybridized carbons (Fsp3) is 0.190. The Kier molecular flexibility index (Phi) is 5.10. The Hall–Kier alpha value is -3.13. The van der Waals surface area contributed by atoms with E-state index in [1.165, 1.54) is 0 Å². The molecule has 1 saturated heterocycles. The summed E-state index contributed by atoms with van der Waals surface area (Å²) >= 11 is 3.40. The Morgan fingerprint density at radius 1 is 1.21 bits per heavy atom. The lowest BCUT2D eigenvalue weighted by Crippen LogP contribution is -2.38. The minimum Gasteiger partial charge on any atom is -0.361 e. The molecule has 0 aliphatic carbocycles. The van der Waals surface area contributed by atoms with Crippen LogP contribution >= 0.6 is 15.9 Å². The van der Waals surface area contributed by atoms with Crippen molar-refractivity contribution in [3.05, 3.63) is 64.3 Å². The van der Waals surface area contributed by atoms with Crippen LogP contribution in [0, 0.1) is 6.92 Å². The molecule has 1 atom stereocenters. The molecule has 0 radical (unpaired) electrons. The van der Waals surface area contributed by atoms with Crippen molar-refractivity contribution >= 4 is 50.4 Å². The average molecular weight is 455 g/mol. The van der Waals surface area contributed by atoms with Crippen LogP contribution in [-0.4, -0.2) is 40.3 Å². The number of hydrogen-bond acceptors (Lipinski definition) is 3. The monoisotopic (exact) mass is 454 g/mol. The number of aromatic amines is 1. The Morgan fingerprint density at radius 3 is 2.79 bits per heavy atom. The molecular formula is C21H19BrN4O3. The number of H-pyrrole nitrogens is 1. The highest BCUT2D eigenvalue weighted by molar-refractivity contribution is 9.10. The molecule has 1 aliphatic heterocycles. The van der Waals surface area contributed by atoms with Gasteiger partial charge in [0, 0.05) is 28.0 Å². The molecule has 8 heteroatoms. The van der Waals surface area contributed by atoms with Gasteiger partial charge in [0.05, 0.1) is 5.69 Å². The van der Waals surface area contributed by atoms with Gasteiger partial charge in [-0.05, 0) is 52.2 Å². The van der Waals surface area contributed by atoms with E-state index in [2.05, 4.69) is 31.5 Å². The largest absolute Gasteiger partial charge is 0.361 e. The average Bonchev–Trinajstić information content (AvgIpc) is 3.21. The predicted octanol–water partition coefficient (Wildman–Crippen LogP) is 3.34. The molecule has 0 unspecified atom stereocenters. The zero-order valence-electron chi connectivity index (χ0n) is 15.7. The van der Waals surface area contributed by atoms with Crippen molar-refractivity contribution < 1.29 is 14.4 Å². The Labute approximate surface area is 175 Å². The number of nitrogens with one attached hydrogen (secondary N) is 3. The molecule has 1 fully saturated rings. The van der Waals surface area contributed by atoms with Crippen LogP contribution in [-0.2, 0) is 16.0 Å². The summed E-state index contributed by atoms with van der Waals surface area (Å²) in [6.07, 6.45) is 2.20. The van der Waals surface area contributed by atoms with Gasteiger partial charge in [-0.2, -0.15) is 0 Å². The van der Waals surface area contributed by atoms with Crippen molar-refractivity contribution in [2.24, 2.45) is 0 Å². The lowest BCUT2D eigenvalue weighted by atomic mass is 10.1. The number of carbonyl (C=O) groups is 3. The number of aromatic nitrogens is 1. The molecule has 0 spiro atoms. The number of nitrogens with zero attached hydrogens (tertiary/aromatic N) is 1. The Balaban J connectivity index is 1.43. The van der Waals surface area contributed by atoms with Gasteiger partial charge >= 0.3 is 6.03 Å². The molecule has 3 N–H and O–H groups in total. The summed E-state index contributed by atoms with van der Waals surface area (Å²) in [5.74, 6) is -0.843. The van der Waals surface area contributed by atoms with E-state index in [1.54, 1.807) is 6.07 Å². The zero-order chi connectivity index (χ0) is 20.5. The molecule has 1 aliphatic rings. The molecule has 2 heterocycles. The fourth-order valence-electron chi connectivity index (χ4n) is 3.44. The van der Waals surface area contributed by atoms with E-state index in [0.29, 0.717) is 12.1 Å². The van der Waals surface area contributed by atoms with E-state index in [9.17, 15) is 14.4 Å². The van der Waals surface area contributed by atoms with Crippen LogP contribution in [0.25, 0.3) is 10.9 Å². The Bertz CT molecular complexity index is 1120. The third kappa shape index (κ3) is 3.88. The van der Waals surface area contributed by atoms with Crippen LogP contribution in [0.2, 0.25) is 0 Å². The number of halogens is 1. The second-order valence-electron chi connectivity index (χ2n) is 7.02. The molecule has 4 rings (SSSR count). The number of rotatable bonds is 5. The van der Waals surface area contributed by atoms with E-state index in [0.717, 1.165) is 31.4 Å². The van der Waals surface area contributed by atoms with Crippen molar-refractivity contribution in [1.82, 2.24) is 15.2 Å².